The molecule has 168 valence electrons. The molecule has 0 aromatic heterocycles. The van der Waals surface area contributed by atoms with Gasteiger partial charge in [0.2, 0.25) is 5.91 Å². The molecular weight excluding hydrogens is 426 g/mol. The zero-order valence-corrected chi connectivity index (χ0v) is 18.7. The van der Waals surface area contributed by atoms with Crippen LogP contribution in [-0.2, 0) is 14.8 Å². The summed E-state index contributed by atoms with van der Waals surface area (Å²) in [5.41, 5.74) is -0.232. The maximum Gasteiger partial charge on any atom is 0.264 e. The quantitative estimate of drug-likeness (QED) is 0.697. The van der Waals surface area contributed by atoms with E-state index in [1.807, 2.05) is 13.8 Å². The molecule has 0 saturated carbocycles. The second kappa shape index (κ2) is 8.45. The number of carbonyl (C=O) groups excluding carboxylic acids is 1. The maximum atomic E-state index is 14.0. The minimum atomic E-state index is -4.39. The normalized spacial score (nSPS) is 16.0. The molecule has 6 nitrogen and oxygen atoms in total. The summed E-state index contributed by atoms with van der Waals surface area (Å²) >= 11 is 0. The molecule has 0 atom stereocenters. The molecule has 2 aromatic carbocycles. The molecule has 0 bridgehead atoms. The van der Waals surface area contributed by atoms with Crippen LogP contribution in [0, 0.1) is 23.0 Å². The first-order chi connectivity index (χ1) is 14.4. The van der Waals surface area contributed by atoms with Crippen molar-refractivity contribution in [2.24, 2.45) is 11.3 Å². The summed E-state index contributed by atoms with van der Waals surface area (Å²) in [6.45, 7) is 8.29. The van der Waals surface area contributed by atoms with Gasteiger partial charge in [0.15, 0.2) is 0 Å². The fraction of sp³-hybridized carbons (Fsp3) is 0.409. The fourth-order valence-electron chi connectivity index (χ4n) is 3.21. The molecule has 2 aromatic rings. The number of nitrogens with one attached hydrogen (secondary N) is 1. The predicted octanol–water partition coefficient (Wildman–Crippen LogP) is 4.56. The minimum absolute atomic E-state index is 0.105. The Hall–Kier alpha value is -2.68. The lowest BCUT2D eigenvalue weighted by atomic mass is 9.92. The highest BCUT2D eigenvalue weighted by Gasteiger charge is 2.38. The molecular formula is C22H26F2N2O4S. The Labute approximate surface area is 181 Å². The number of rotatable bonds is 6. The molecule has 0 radical (unpaired) electrons. The molecule has 1 aliphatic heterocycles. The van der Waals surface area contributed by atoms with Crippen molar-refractivity contribution in [1.29, 1.82) is 0 Å². The largest absolute Gasteiger partial charge is 0.490 e. The molecule has 0 fully saturated rings. The van der Waals surface area contributed by atoms with Crippen LogP contribution in [0.2, 0.25) is 0 Å². The van der Waals surface area contributed by atoms with Gasteiger partial charge in [0.05, 0.1) is 16.8 Å². The van der Waals surface area contributed by atoms with Gasteiger partial charge in [-0.05, 0) is 62.6 Å². The number of hydrogen-bond acceptors (Lipinski definition) is 4. The van der Waals surface area contributed by atoms with Crippen LogP contribution in [0.25, 0.3) is 0 Å². The highest BCUT2D eigenvalue weighted by molar-refractivity contribution is 7.92. The molecule has 0 aliphatic carbocycles. The van der Waals surface area contributed by atoms with E-state index in [4.69, 9.17) is 4.74 Å². The van der Waals surface area contributed by atoms with E-state index in [1.165, 1.54) is 12.1 Å². The monoisotopic (exact) mass is 452 g/mol. The van der Waals surface area contributed by atoms with Gasteiger partial charge in [0.25, 0.3) is 10.0 Å². The molecule has 1 aliphatic rings. The van der Waals surface area contributed by atoms with Gasteiger partial charge in [0, 0.05) is 6.54 Å². The van der Waals surface area contributed by atoms with E-state index in [0.29, 0.717) is 30.0 Å². The number of ether oxygens (including phenoxy) is 1. The van der Waals surface area contributed by atoms with Crippen molar-refractivity contribution in [2.45, 2.75) is 39.0 Å². The number of hydrogen-bond donors (Lipinski definition) is 1. The Bertz CT molecular complexity index is 1100. The molecule has 0 unspecified atom stereocenters. The molecule has 0 saturated heterocycles. The van der Waals surface area contributed by atoms with Crippen LogP contribution >= 0.6 is 0 Å². The van der Waals surface area contributed by atoms with Gasteiger partial charge >= 0.3 is 0 Å². The third kappa shape index (κ3) is 4.98. The van der Waals surface area contributed by atoms with Gasteiger partial charge in [-0.3, -0.25) is 9.52 Å². The number of sulfonamides is 1. The van der Waals surface area contributed by atoms with Crippen molar-refractivity contribution < 1.29 is 26.7 Å². The third-order valence-corrected chi connectivity index (χ3v) is 6.42. The number of halogens is 2. The van der Waals surface area contributed by atoms with E-state index in [-0.39, 0.29) is 18.2 Å². The van der Waals surface area contributed by atoms with Crippen molar-refractivity contribution in [2.75, 3.05) is 22.8 Å². The average molecular weight is 453 g/mol. The van der Waals surface area contributed by atoms with Gasteiger partial charge in [-0.15, -0.1) is 0 Å². The SMILES string of the molecule is CC(C)CCN1C(=O)C(C)(C)COc2ccc(NS(=O)(=O)c3cc(F)ccc3F)cc21. The second-order valence-corrected chi connectivity index (χ2v) is 10.3. The highest BCUT2D eigenvalue weighted by Crippen LogP contribution is 2.39. The van der Waals surface area contributed by atoms with Crippen molar-refractivity contribution in [1.82, 2.24) is 0 Å². The number of fused-ring (bicyclic) bond motifs is 1. The van der Waals surface area contributed by atoms with Crippen LogP contribution < -0.4 is 14.4 Å². The van der Waals surface area contributed by atoms with Crippen LogP contribution in [-0.4, -0.2) is 27.5 Å². The average Bonchev–Trinajstić information content (AvgIpc) is 2.77. The first kappa shape index (κ1) is 23.0. The van der Waals surface area contributed by atoms with Gasteiger partial charge in [-0.25, -0.2) is 17.2 Å². The Morgan fingerprint density at radius 3 is 2.55 bits per heavy atom. The van der Waals surface area contributed by atoms with Gasteiger partial charge in [0.1, 0.15) is 28.9 Å². The van der Waals surface area contributed by atoms with Crippen molar-refractivity contribution in [3.05, 3.63) is 48.0 Å². The standard InChI is InChI=1S/C22H26F2N2O4S/c1-14(2)9-10-26-18-12-16(6-8-19(18)30-13-22(3,4)21(26)27)25-31(28,29)20-11-15(23)5-7-17(20)24/h5-8,11-12,14,25H,9-10,13H2,1-4H3. The van der Waals surface area contributed by atoms with E-state index in [9.17, 15) is 22.0 Å². The summed E-state index contributed by atoms with van der Waals surface area (Å²) in [6, 6.07) is 6.70. The van der Waals surface area contributed by atoms with Crippen LogP contribution in [0.5, 0.6) is 5.75 Å². The lowest BCUT2D eigenvalue weighted by Gasteiger charge is -2.28. The summed E-state index contributed by atoms with van der Waals surface area (Å²) < 4.78 is 60.9. The van der Waals surface area contributed by atoms with Gasteiger partial charge in [-0.1, -0.05) is 13.8 Å². The Morgan fingerprint density at radius 2 is 1.87 bits per heavy atom. The predicted molar refractivity (Wildman–Crippen MR) is 115 cm³/mol. The van der Waals surface area contributed by atoms with Crippen LogP contribution in [0.4, 0.5) is 20.2 Å². The summed E-state index contributed by atoms with van der Waals surface area (Å²) in [5.74, 6) is -1.28. The van der Waals surface area contributed by atoms with Crippen LogP contribution in [0.15, 0.2) is 41.3 Å². The van der Waals surface area contributed by atoms with E-state index in [1.54, 1.807) is 24.8 Å². The number of nitrogens with zero attached hydrogens (tertiary/aromatic N) is 1. The molecule has 1 N–H and O–H groups in total. The van der Waals surface area contributed by atoms with Crippen LogP contribution in [0.1, 0.15) is 34.1 Å². The van der Waals surface area contributed by atoms with Gasteiger partial charge < -0.3 is 9.64 Å². The van der Waals surface area contributed by atoms with Crippen LogP contribution in [0.3, 0.4) is 0 Å². The smallest absolute Gasteiger partial charge is 0.264 e. The zero-order chi connectivity index (χ0) is 23.0. The molecule has 1 amide bonds. The Balaban J connectivity index is 2.00. The third-order valence-electron chi connectivity index (χ3n) is 5.03. The van der Waals surface area contributed by atoms with E-state index >= 15 is 0 Å². The van der Waals surface area contributed by atoms with Crippen molar-refractivity contribution in [3.8, 4) is 5.75 Å². The zero-order valence-electron chi connectivity index (χ0n) is 17.9. The van der Waals surface area contributed by atoms with E-state index in [2.05, 4.69) is 4.72 Å². The Kier molecular flexibility index (Phi) is 6.27. The minimum Gasteiger partial charge on any atom is -0.490 e. The molecule has 9 heteroatoms. The number of amides is 1. The maximum absolute atomic E-state index is 14.0. The molecule has 1 heterocycles. The summed E-state index contributed by atoms with van der Waals surface area (Å²) in [6.07, 6.45) is 0.742. The summed E-state index contributed by atoms with van der Waals surface area (Å²) in [5, 5.41) is 0. The van der Waals surface area contributed by atoms with Crippen molar-refractivity contribution >= 4 is 27.3 Å². The first-order valence-corrected chi connectivity index (χ1v) is 11.5. The topological polar surface area (TPSA) is 75.7 Å². The molecule has 0 spiro atoms. The van der Waals surface area contributed by atoms with E-state index < -0.39 is 32.0 Å². The lowest BCUT2D eigenvalue weighted by Crippen LogP contribution is -2.42. The number of benzene rings is 2. The van der Waals surface area contributed by atoms with E-state index in [0.717, 1.165) is 18.6 Å². The number of carbonyl (C=O) groups is 1. The second-order valence-electron chi connectivity index (χ2n) is 8.67. The van der Waals surface area contributed by atoms with Crippen molar-refractivity contribution in [3.63, 3.8) is 0 Å². The summed E-state index contributed by atoms with van der Waals surface area (Å²) in [4.78, 5) is 14.0. The highest BCUT2D eigenvalue weighted by atomic mass is 32.2. The molecule has 3 rings (SSSR count). The summed E-state index contributed by atoms with van der Waals surface area (Å²) in [7, 11) is -4.39. The molecule has 31 heavy (non-hydrogen) atoms. The Morgan fingerprint density at radius 1 is 1.16 bits per heavy atom. The fourth-order valence-corrected chi connectivity index (χ4v) is 4.35. The number of anilines is 2. The first-order valence-electron chi connectivity index (χ1n) is 9.97. The van der Waals surface area contributed by atoms with Gasteiger partial charge in [-0.2, -0.15) is 0 Å². The lowest BCUT2D eigenvalue weighted by molar-refractivity contribution is -0.127.